The second-order valence-corrected chi connectivity index (χ2v) is 15.0. The molecule has 4 rings (SSSR count). The molecular formula is C38H53ClN4O11. The van der Waals surface area contributed by atoms with Crippen LogP contribution in [0, 0.1) is 11.8 Å². The van der Waals surface area contributed by atoms with E-state index in [0.717, 1.165) is 5.57 Å². The number of amides is 3. The van der Waals surface area contributed by atoms with Gasteiger partial charge in [0.2, 0.25) is 11.8 Å². The average Bonchev–Trinajstić information content (AvgIpc) is 3.82. The quantitative estimate of drug-likeness (QED) is 0.200. The van der Waals surface area contributed by atoms with Crippen molar-refractivity contribution in [2.75, 3.05) is 40.3 Å². The predicted molar refractivity (Wildman–Crippen MR) is 199 cm³/mol. The van der Waals surface area contributed by atoms with E-state index in [-0.39, 0.29) is 22.9 Å². The lowest BCUT2D eigenvalue weighted by Gasteiger charge is -2.42. The van der Waals surface area contributed by atoms with Gasteiger partial charge in [-0.1, -0.05) is 42.3 Å². The van der Waals surface area contributed by atoms with Crippen LogP contribution in [0.25, 0.3) is 0 Å². The van der Waals surface area contributed by atoms with E-state index in [1.165, 1.54) is 52.0 Å². The van der Waals surface area contributed by atoms with Gasteiger partial charge in [-0.15, -0.1) is 0 Å². The molecule has 1 aromatic rings. The lowest BCUT2D eigenvalue weighted by molar-refractivity contribution is -0.167. The second-order valence-electron chi connectivity index (χ2n) is 14.6. The van der Waals surface area contributed by atoms with Crippen LogP contribution in [0.5, 0.6) is 5.75 Å². The number of carbonyl (C=O) groups is 5. The summed E-state index contributed by atoms with van der Waals surface area (Å²) in [5.41, 5.74) is -1.57. The summed E-state index contributed by atoms with van der Waals surface area (Å²) in [6.45, 7) is 9.56. The average molecular weight is 777 g/mol. The van der Waals surface area contributed by atoms with Crippen LogP contribution in [0.2, 0.25) is 5.02 Å². The standard InChI is InChI=1S/C38H53ClN4O11/c1-19-13-12-14-28(51-11)38(49)18-27(52-36(48)41-38)20(2)32-37(6,54-32)33(53-35(47)22(4)42(8)23(5)44)29(31(45)21(3)40-7)34(46)43(9)25-16-24(15-19)17-26(50-10)30(25)39/h12-14,16-17,20-22,27-29,32-33,40,49H,15,18H2,1-11H3,(H,41,48)/b14-12+,19-13+/t20-,21?,22+,27+,28?,29?,32+,33+,37-,38+/m1/s1. The Bertz CT molecular complexity index is 1700. The van der Waals surface area contributed by atoms with Crippen molar-refractivity contribution < 1.29 is 52.8 Å². The van der Waals surface area contributed by atoms with Crippen molar-refractivity contribution in [2.24, 2.45) is 11.8 Å². The molecule has 10 atom stereocenters. The third-order valence-electron chi connectivity index (χ3n) is 10.9. The number of nitrogens with one attached hydrogen (secondary N) is 2. The molecule has 0 aromatic heterocycles. The van der Waals surface area contributed by atoms with Crippen LogP contribution in [0.15, 0.2) is 35.9 Å². The molecule has 3 heterocycles. The maximum atomic E-state index is 14.9. The fourth-order valence-corrected chi connectivity index (χ4v) is 7.41. The molecule has 3 unspecified atom stereocenters. The molecule has 4 bridgehead atoms. The summed E-state index contributed by atoms with van der Waals surface area (Å²) in [4.78, 5) is 70.8. The summed E-state index contributed by atoms with van der Waals surface area (Å²) in [5, 5.41) is 17.3. The monoisotopic (exact) mass is 776 g/mol. The molecule has 1 aromatic carbocycles. The number of Topliss-reactive ketones (excluding diaryl/α,β-unsaturated/α-hetero) is 1. The minimum absolute atomic E-state index is 0.112. The second kappa shape index (κ2) is 16.8. The Kier molecular flexibility index (Phi) is 13.3. The van der Waals surface area contributed by atoms with Gasteiger partial charge in [0, 0.05) is 40.5 Å². The summed E-state index contributed by atoms with van der Waals surface area (Å²) >= 11 is 6.83. The van der Waals surface area contributed by atoms with Gasteiger partial charge in [-0.2, -0.15) is 0 Å². The van der Waals surface area contributed by atoms with Gasteiger partial charge >= 0.3 is 12.1 Å². The van der Waals surface area contributed by atoms with Gasteiger partial charge in [0.15, 0.2) is 17.6 Å². The van der Waals surface area contributed by atoms with Crippen LogP contribution in [0.3, 0.4) is 0 Å². The molecule has 3 N–H and O–H groups in total. The number of nitrogens with zero attached hydrogens (tertiary/aromatic N) is 2. The number of allylic oxidation sites excluding steroid dienone is 3. The molecule has 54 heavy (non-hydrogen) atoms. The van der Waals surface area contributed by atoms with Crippen LogP contribution in [0.4, 0.5) is 10.5 Å². The van der Waals surface area contributed by atoms with E-state index in [4.69, 9.17) is 35.3 Å². The number of benzene rings is 1. The van der Waals surface area contributed by atoms with Crippen LogP contribution in [-0.2, 0) is 44.5 Å². The van der Waals surface area contributed by atoms with Gasteiger partial charge in [-0.3, -0.25) is 19.7 Å². The number of halogens is 1. The topological polar surface area (TPSA) is 186 Å². The Morgan fingerprint density at radius 3 is 2.46 bits per heavy atom. The van der Waals surface area contributed by atoms with Crippen molar-refractivity contribution in [3.8, 4) is 5.75 Å². The summed E-state index contributed by atoms with van der Waals surface area (Å²) in [6, 6.07) is 1.45. The zero-order valence-electron chi connectivity index (χ0n) is 32.7. The third-order valence-corrected chi connectivity index (χ3v) is 11.2. The maximum Gasteiger partial charge on any atom is 0.409 e. The predicted octanol–water partition coefficient (Wildman–Crippen LogP) is 2.94. The number of rotatable bonds is 8. The number of likely N-dealkylation sites (N-methyl/N-ethyl adjacent to an activating group) is 2. The number of fused-ring (bicyclic) bond motifs is 5. The molecule has 0 spiro atoms. The van der Waals surface area contributed by atoms with Gasteiger partial charge in [-0.05, 0) is 58.9 Å². The van der Waals surface area contributed by atoms with Crippen molar-refractivity contribution in [2.45, 2.75) is 102 Å². The first-order valence-electron chi connectivity index (χ1n) is 17.8. The van der Waals surface area contributed by atoms with Crippen molar-refractivity contribution >= 4 is 46.9 Å². The van der Waals surface area contributed by atoms with E-state index in [9.17, 15) is 29.1 Å². The lowest BCUT2D eigenvalue weighted by atomic mass is 9.79. The molecule has 0 radical (unpaired) electrons. The maximum absolute atomic E-state index is 14.9. The van der Waals surface area contributed by atoms with E-state index >= 15 is 0 Å². The number of hydrogen-bond donors (Lipinski definition) is 3. The fraction of sp³-hybridized carbons (Fsp3) is 0.605. The molecular weight excluding hydrogens is 724 g/mol. The first-order chi connectivity index (χ1) is 25.2. The van der Waals surface area contributed by atoms with Crippen LogP contribution in [-0.4, -0.2) is 123 Å². The first-order valence-corrected chi connectivity index (χ1v) is 18.2. The Morgan fingerprint density at radius 1 is 1.20 bits per heavy atom. The highest BCUT2D eigenvalue weighted by Crippen LogP contribution is 2.50. The van der Waals surface area contributed by atoms with Gasteiger partial charge in [0.05, 0.1) is 24.9 Å². The van der Waals surface area contributed by atoms with Crippen LogP contribution >= 0.6 is 11.6 Å². The van der Waals surface area contributed by atoms with Crippen LogP contribution in [0.1, 0.15) is 53.5 Å². The van der Waals surface area contributed by atoms with Gasteiger partial charge in [0.1, 0.15) is 40.5 Å². The van der Waals surface area contributed by atoms with E-state index in [1.54, 1.807) is 52.1 Å². The minimum Gasteiger partial charge on any atom is -0.495 e. The minimum atomic E-state index is -1.90. The summed E-state index contributed by atoms with van der Waals surface area (Å²) < 4.78 is 29.4. The zero-order chi connectivity index (χ0) is 40.4. The number of ketones is 1. The molecule has 0 aliphatic carbocycles. The molecule has 16 heteroatoms. The molecule has 2 fully saturated rings. The number of hydrogen-bond acceptors (Lipinski definition) is 12. The van der Waals surface area contributed by atoms with E-state index < -0.39 is 89.3 Å². The van der Waals surface area contributed by atoms with Crippen molar-refractivity contribution in [1.82, 2.24) is 15.5 Å². The summed E-state index contributed by atoms with van der Waals surface area (Å²) in [5.74, 6) is -4.71. The first kappa shape index (κ1) is 42.7. The lowest BCUT2D eigenvalue weighted by Crippen LogP contribution is -2.63. The van der Waals surface area contributed by atoms with Crippen molar-refractivity contribution in [3.63, 3.8) is 0 Å². The highest BCUT2D eigenvalue weighted by Gasteiger charge is 2.67. The van der Waals surface area contributed by atoms with Gasteiger partial charge in [-0.25, -0.2) is 9.59 Å². The van der Waals surface area contributed by atoms with E-state index in [1.807, 2.05) is 13.0 Å². The number of esters is 1. The molecule has 298 valence electrons. The van der Waals surface area contributed by atoms with Crippen LogP contribution < -0.4 is 20.3 Å². The number of carbonyl (C=O) groups excluding carboxylic acids is 5. The smallest absolute Gasteiger partial charge is 0.409 e. The molecule has 0 saturated carbocycles. The molecule has 3 aliphatic rings. The van der Waals surface area contributed by atoms with Crippen molar-refractivity contribution in [1.29, 1.82) is 0 Å². The summed E-state index contributed by atoms with van der Waals surface area (Å²) in [7, 11) is 7.30. The van der Waals surface area contributed by atoms with E-state index in [0.29, 0.717) is 12.0 Å². The SMILES string of the molecule is CNC(C)C(=O)C1C(=O)N(C)c2cc(cc(OC)c2Cl)C/C(C)=C/C=C/C(OC)[C@@]2(O)C[C@H](OC(=O)N2)[C@@H](C)[C@@H]2O[C@@]2(C)[C@H]1OC(=O)[C@H](C)N(C)C(C)=O. The number of aliphatic hydroxyl groups is 1. The number of alkyl carbamates (subject to hydrolysis) is 1. The van der Waals surface area contributed by atoms with E-state index in [2.05, 4.69) is 10.6 Å². The molecule has 3 aliphatic heterocycles. The highest BCUT2D eigenvalue weighted by molar-refractivity contribution is 6.35. The normalized spacial score (nSPS) is 32.8. The van der Waals surface area contributed by atoms with Gasteiger partial charge < -0.3 is 43.9 Å². The highest BCUT2D eigenvalue weighted by atomic mass is 35.5. The number of epoxide rings is 1. The Labute approximate surface area is 321 Å². The third kappa shape index (κ3) is 8.60. The van der Waals surface area contributed by atoms with Crippen molar-refractivity contribution in [3.05, 3.63) is 46.5 Å². The largest absolute Gasteiger partial charge is 0.495 e. The number of methoxy groups -OCH3 is 2. The molecule has 2 saturated heterocycles. The zero-order valence-corrected chi connectivity index (χ0v) is 33.5. The molecule has 3 amide bonds. The summed E-state index contributed by atoms with van der Waals surface area (Å²) in [6.07, 6.45) is 0.164. The Morgan fingerprint density at radius 2 is 1.87 bits per heavy atom. The van der Waals surface area contributed by atoms with Gasteiger partial charge in [0.25, 0.3) is 0 Å². The Hall–Kier alpha value is -4.02. The fourth-order valence-electron chi connectivity index (χ4n) is 7.09. The Balaban J connectivity index is 1.96. The molecule has 15 nitrogen and oxygen atoms in total. The number of ether oxygens (including phenoxy) is 5. The number of anilines is 1.